The molecule has 2 N–H and O–H groups in total. The molecule has 1 aromatic carbocycles. The van der Waals surface area contributed by atoms with Crippen LogP contribution in [0.15, 0.2) is 30.6 Å². The number of hydrogen-bond donors (Lipinski definition) is 2. The van der Waals surface area contributed by atoms with E-state index in [9.17, 15) is 9.90 Å². The van der Waals surface area contributed by atoms with Gasteiger partial charge in [-0.2, -0.15) is 0 Å². The summed E-state index contributed by atoms with van der Waals surface area (Å²) in [6, 6.07) is 6.58. The third-order valence-corrected chi connectivity index (χ3v) is 5.67. The molecule has 0 aliphatic carbocycles. The van der Waals surface area contributed by atoms with Crippen LogP contribution in [0.1, 0.15) is 51.5 Å². The van der Waals surface area contributed by atoms with E-state index in [2.05, 4.69) is 40.1 Å². The fraction of sp³-hybridized carbons (Fsp3) is 0.522. The Morgan fingerprint density at radius 1 is 1.26 bits per heavy atom. The molecule has 1 aromatic heterocycles. The van der Waals surface area contributed by atoms with E-state index in [-0.39, 0.29) is 17.6 Å². The molecule has 0 amide bonds. The smallest absolute Gasteiger partial charge is 0.303 e. The monoisotopic (exact) mass is 446 g/mol. The number of hydrogen-bond acceptors (Lipinski definition) is 6. The Balaban J connectivity index is 2.00. The van der Waals surface area contributed by atoms with Gasteiger partial charge in [-0.1, -0.05) is 26.8 Å². The number of ether oxygens (including phenoxy) is 1. The second-order valence-electron chi connectivity index (χ2n) is 8.53. The predicted octanol–water partition coefficient (Wildman–Crippen LogP) is 5.09. The fourth-order valence-electron chi connectivity index (χ4n) is 3.96. The number of aliphatic carboxylic acids is 1. The molecule has 2 heterocycles. The third kappa shape index (κ3) is 6.55. The van der Waals surface area contributed by atoms with E-state index in [1.54, 1.807) is 12.4 Å². The second kappa shape index (κ2) is 10.8. The zero-order chi connectivity index (χ0) is 22.4. The molecule has 1 aliphatic rings. The average molecular weight is 447 g/mol. The van der Waals surface area contributed by atoms with E-state index in [0.29, 0.717) is 12.0 Å². The summed E-state index contributed by atoms with van der Waals surface area (Å²) in [5.41, 5.74) is 3.69. The number of nitrogens with zero attached hydrogens (tertiary/aromatic N) is 3. The van der Waals surface area contributed by atoms with Crippen molar-refractivity contribution in [1.82, 2.24) is 9.97 Å². The van der Waals surface area contributed by atoms with Crippen LogP contribution in [-0.4, -0.2) is 46.8 Å². The van der Waals surface area contributed by atoms with Crippen LogP contribution in [0.25, 0.3) is 0 Å². The number of benzene rings is 1. The van der Waals surface area contributed by atoms with Crippen LogP contribution in [0.3, 0.4) is 0 Å². The standard InChI is InChI=1S/C23H31ClN4O3/c1-15(2)14-28(19-6-8-31-9-7-19)21-5-4-17(16(3)10-22(29)30)11-20(21)27-18-12-25-23(24)26-13-18/h4-5,11-13,15-16,19,27H,6-10,14H2,1-3H3,(H,29,30). The SMILES string of the molecule is CC(C)CN(c1ccc(C(C)CC(=O)O)cc1Nc1cnc(Cl)nc1)C1CCOCC1. The topological polar surface area (TPSA) is 87.6 Å². The lowest BCUT2D eigenvalue weighted by atomic mass is 9.95. The van der Waals surface area contributed by atoms with Gasteiger partial charge in [0.2, 0.25) is 5.28 Å². The van der Waals surface area contributed by atoms with Crippen molar-refractivity contribution < 1.29 is 14.6 Å². The van der Waals surface area contributed by atoms with E-state index >= 15 is 0 Å². The van der Waals surface area contributed by atoms with Gasteiger partial charge in [0.25, 0.3) is 0 Å². The van der Waals surface area contributed by atoms with Crippen molar-refractivity contribution in [3.05, 3.63) is 41.4 Å². The summed E-state index contributed by atoms with van der Waals surface area (Å²) in [7, 11) is 0. The Morgan fingerprint density at radius 2 is 1.94 bits per heavy atom. The molecule has 168 valence electrons. The Hall–Kier alpha value is -2.38. The first kappa shape index (κ1) is 23.3. The van der Waals surface area contributed by atoms with E-state index in [4.69, 9.17) is 16.3 Å². The zero-order valence-corrected chi connectivity index (χ0v) is 19.1. The van der Waals surface area contributed by atoms with Crippen molar-refractivity contribution >= 4 is 34.6 Å². The van der Waals surface area contributed by atoms with Crippen LogP contribution in [0, 0.1) is 5.92 Å². The highest BCUT2D eigenvalue weighted by Gasteiger charge is 2.25. The van der Waals surface area contributed by atoms with Gasteiger partial charge < -0.3 is 20.1 Å². The van der Waals surface area contributed by atoms with E-state index in [1.807, 2.05) is 19.1 Å². The number of halogens is 1. The first-order chi connectivity index (χ1) is 14.8. The van der Waals surface area contributed by atoms with Gasteiger partial charge in [-0.3, -0.25) is 4.79 Å². The first-order valence-electron chi connectivity index (χ1n) is 10.8. The summed E-state index contributed by atoms with van der Waals surface area (Å²) in [4.78, 5) is 21.8. The molecule has 0 bridgehead atoms. The number of carboxylic acid groups (broad SMARTS) is 1. The minimum absolute atomic E-state index is 0.0819. The van der Waals surface area contributed by atoms with Crippen molar-refractivity contribution in [1.29, 1.82) is 0 Å². The van der Waals surface area contributed by atoms with Crippen molar-refractivity contribution in [3.8, 4) is 0 Å². The molecule has 0 saturated carbocycles. The lowest BCUT2D eigenvalue weighted by Crippen LogP contribution is -2.42. The van der Waals surface area contributed by atoms with Gasteiger partial charge in [-0.05, 0) is 54.0 Å². The Bertz CT molecular complexity index is 870. The van der Waals surface area contributed by atoms with Crippen LogP contribution < -0.4 is 10.2 Å². The van der Waals surface area contributed by atoms with Gasteiger partial charge in [0.05, 0.1) is 35.9 Å². The van der Waals surface area contributed by atoms with E-state index in [0.717, 1.165) is 55.2 Å². The lowest BCUT2D eigenvalue weighted by Gasteiger charge is -2.38. The van der Waals surface area contributed by atoms with Crippen LogP contribution in [0.4, 0.5) is 17.1 Å². The Morgan fingerprint density at radius 3 is 2.55 bits per heavy atom. The molecule has 1 fully saturated rings. The zero-order valence-electron chi connectivity index (χ0n) is 18.3. The maximum absolute atomic E-state index is 11.2. The molecule has 1 saturated heterocycles. The predicted molar refractivity (Wildman–Crippen MR) is 123 cm³/mol. The number of carboxylic acids is 1. The normalized spacial score (nSPS) is 15.6. The van der Waals surface area contributed by atoms with Crippen LogP contribution >= 0.6 is 11.6 Å². The molecule has 0 radical (unpaired) electrons. The highest BCUT2D eigenvalue weighted by atomic mass is 35.5. The third-order valence-electron chi connectivity index (χ3n) is 5.47. The highest BCUT2D eigenvalue weighted by Crippen LogP contribution is 2.36. The van der Waals surface area contributed by atoms with Crippen molar-refractivity contribution in [3.63, 3.8) is 0 Å². The van der Waals surface area contributed by atoms with Crippen LogP contribution in [0.5, 0.6) is 0 Å². The van der Waals surface area contributed by atoms with Gasteiger partial charge in [0.15, 0.2) is 0 Å². The molecular weight excluding hydrogens is 416 g/mol. The van der Waals surface area contributed by atoms with Crippen molar-refractivity contribution in [2.45, 2.75) is 52.0 Å². The minimum Gasteiger partial charge on any atom is -0.481 e. The lowest BCUT2D eigenvalue weighted by molar-refractivity contribution is -0.137. The summed E-state index contributed by atoms with van der Waals surface area (Å²) in [6.07, 6.45) is 5.33. The number of anilines is 3. The summed E-state index contributed by atoms with van der Waals surface area (Å²) < 4.78 is 5.59. The number of nitrogens with one attached hydrogen (secondary N) is 1. The molecule has 1 aliphatic heterocycles. The van der Waals surface area contributed by atoms with Gasteiger partial charge in [0.1, 0.15) is 0 Å². The molecule has 31 heavy (non-hydrogen) atoms. The van der Waals surface area contributed by atoms with Gasteiger partial charge in [0, 0.05) is 25.8 Å². The molecule has 7 nitrogen and oxygen atoms in total. The molecule has 1 unspecified atom stereocenters. The van der Waals surface area contributed by atoms with E-state index < -0.39 is 5.97 Å². The minimum atomic E-state index is -0.805. The number of carbonyl (C=O) groups is 1. The van der Waals surface area contributed by atoms with Crippen molar-refractivity contribution in [2.24, 2.45) is 5.92 Å². The molecular formula is C23H31ClN4O3. The van der Waals surface area contributed by atoms with Crippen LogP contribution in [-0.2, 0) is 9.53 Å². The summed E-state index contributed by atoms with van der Waals surface area (Å²) in [5, 5.41) is 12.9. The molecule has 3 rings (SSSR count). The molecule has 8 heteroatoms. The molecule has 2 aromatic rings. The maximum Gasteiger partial charge on any atom is 0.303 e. The Kier molecular flexibility index (Phi) is 8.09. The van der Waals surface area contributed by atoms with Gasteiger partial charge >= 0.3 is 5.97 Å². The van der Waals surface area contributed by atoms with Gasteiger partial charge in [-0.15, -0.1) is 0 Å². The maximum atomic E-state index is 11.2. The average Bonchev–Trinajstić information content (AvgIpc) is 2.74. The highest BCUT2D eigenvalue weighted by molar-refractivity contribution is 6.28. The fourth-order valence-corrected chi connectivity index (χ4v) is 4.05. The van der Waals surface area contributed by atoms with Crippen LogP contribution in [0.2, 0.25) is 5.28 Å². The first-order valence-corrected chi connectivity index (χ1v) is 11.2. The summed E-state index contributed by atoms with van der Waals surface area (Å²) in [6.45, 7) is 8.82. The summed E-state index contributed by atoms with van der Waals surface area (Å²) in [5.74, 6) is -0.420. The summed E-state index contributed by atoms with van der Waals surface area (Å²) >= 11 is 5.84. The quantitative estimate of drug-likeness (QED) is 0.518. The number of rotatable bonds is 9. The van der Waals surface area contributed by atoms with E-state index in [1.165, 1.54) is 0 Å². The largest absolute Gasteiger partial charge is 0.481 e. The van der Waals surface area contributed by atoms with Gasteiger partial charge in [-0.25, -0.2) is 9.97 Å². The van der Waals surface area contributed by atoms with Crippen molar-refractivity contribution in [2.75, 3.05) is 30.0 Å². The molecule has 0 spiro atoms. The Labute approximate surface area is 188 Å². The molecule has 1 atom stereocenters. The second-order valence-corrected chi connectivity index (χ2v) is 8.87. The number of aromatic nitrogens is 2.